The molecular formula is C20H22BrN9O. The van der Waals surface area contributed by atoms with Crippen LogP contribution >= 0.6 is 15.9 Å². The molecule has 31 heavy (non-hydrogen) atoms. The first kappa shape index (κ1) is 19.7. The molecule has 4 aromatic heterocycles. The van der Waals surface area contributed by atoms with E-state index in [1.54, 1.807) is 13.3 Å². The molecule has 1 saturated heterocycles. The Morgan fingerprint density at radius 2 is 2.06 bits per heavy atom. The summed E-state index contributed by atoms with van der Waals surface area (Å²) < 4.78 is 3.13. The zero-order valence-electron chi connectivity index (χ0n) is 17.0. The number of amides is 1. The van der Waals surface area contributed by atoms with Gasteiger partial charge in [-0.3, -0.25) is 9.20 Å². The molecule has 0 unspecified atom stereocenters. The lowest BCUT2D eigenvalue weighted by atomic mass is 10.1. The van der Waals surface area contributed by atoms with Gasteiger partial charge in [0.25, 0.3) is 0 Å². The van der Waals surface area contributed by atoms with Crippen molar-refractivity contribution < 1.29 is 4.79 Å². The molecule has 0 spiro atoms. The number of pyridine rings is 1. The maximum Gasteiger partial charge on any atom is 0.219 e. The Morgan fingerprint density at radius 3 is 2.87 bits per heavy atom. The number of carbonyl (C=O) groups is 1. The first-order valence-electron chi connectivity index (χ1n) is 10.1. The monoisotopic (exact) mass is 483 g/mol. The molecule has 4 aromatic rings. The van der Waals surface area contributed by atoms with Crippen LogP contribution in [0.25, 0.3) is 16.7 Å². The average Bonchev–Trinajstić information content (AvgIpc) is 3.44. The third-order valence-corrected chi connectivity index (χ3v) is 6.26. The fraction of sp³-hybridized carbons (Fsp3) is 0.350. The summed E-state index contributed by atoms with van der Waals surface area (Å²) in [6.07, 6.45) is 7.63. The van der Waals surface area contributed by atoms with Crippen molar-refractivity contribution in [1.82, 2.24) is 34.2 Å². The fourth-order valence-corrected chi connectivity index (χ4v) is 4.64. The minimum absolute atomic E-state index is 0.127. The van der Waals surface area contributed by atoms with Crippen molar-refractivity contribution in [2.24, 2.45) is 0 Å². The number of nitrogens with zero attached hydrogens (tertiary/aromatic N) is 7. The van der Waals surface area contributed by atoms with Crippen LogP contribution in [0.4, 0.5) is 11.6 Å². The molecule has 0 aliphatic carbocycles. The maximum absolute atomic E-state index is 11.7. The molecule has 5 heterocycles. The van der Waals surface area contributed by atoms with E-state index < -0.39 is 0 Å². The fourth-order valence-electron chi connectivity index (χ4n) is 4.07. The smallest absolute Gasteiger partial charge is 0.219 e. The van der Waals surface area contributed by atoms with E-state index in [0.29, 0.717) is 18.0 Å². The predicted molar refractivity (Wildman–Crippen MR) is 121 cm³/mol. The molecule has 0 radical (unpaired) electrons. The lowest BCUT2D eigenvalue weighted by Crippen LogP contribution is -2.48. The summed E-state index contributed by atoms with van der Waals surface area (Å²) in [4.78, 5) is 36.1. The van der Waals surface area contributed by atoms with Crippen LogP contribution in [0.1, 0.15) is 12.5 Å². The molecule has 0 saturated carbocycles. The highest BCUT2D eigenvalue weighted by Gasteiger charge is 2.23. The number of anilines is 2. The van der Waals surface area contributed by atoms with Gasteiger partial charge in [-0.1, -0.05) is 0 Å². The van der Waals surface area contributed by atoms with E-state index in [9.17, 15) is 4.79 Å². The molecule has 0 bridgehead atoms. The van der Waals surface area contributed by atoms with Crippen molar-refractivity contribution in [1.29, 1.82) is 0 Å². The molecule has 1 aliphatic heterocycles. The second-order valence-corrected chi connectivity index (χ2v) is 8.34. The number of hydrogen-bond acceptors (Lipinski definition) is 7. The lowest BCUT2D eigenvalue weighted by molar-refractivity contribution is -0.129. The summed E-state index contributed by atoms with van der Waals surface area (Å²) in [6.45, 7) is 5.33. The summed E-state index contributed by atoms with van der Waals surface area (Å²) in [5.41, 5.74) is 3.65. The zero-order chi connectivity index (χ0) is 21.4. The summed E-state index contributed by atoms with van der Waals surface area (Å²) in [6, 6.07) is 2.16. The number of fused-ring (bicyclic) bond motifs is 2. The first-order valence-corrected chi connectivity index (χ1v) is 10.9. The number of hydrogen-bond donors (Lipinski definition) is 2. The van der Waals surface area contributed by atoms with Crippen molar-refractivity contribution >= 4 is 50.2 Å². The van der Waals surface area contributed by atoms with E-state index in [2.05, 4.69) is 61.5 Å². The van der Waals surface area contributed by atoms with Crippen LogP contribution in [0.2, 0.25) is 0 Å². The van der Waals surface area contributed by atoms with E-state index in [4.69, 9.17) is 0 Å². The number of aromatic nitrogens is 6. The summed E-state index contributed by atoms with van der Waals surface area (Å²) >= 11 is 3.69. The van der Waals surface area contributed by atoms with Gasteiger partial charge in [0.05, 0.1) is 18.0 Å². The van der Waals surface area contributed by atoms with Crippen LogP contribution in [0.5, 0.6) is 0 Å². The number of H-pyrrole nitrogens is 1. The van der Waals surface area contributed by atoms with Crippen molar-refractivity contribution in [3.63, 3.8) is 0 Å². The molecule has 10 nitrogen and oxygen atoms in total. The third kappa shape index (κ3) is 3.69. The molecule has 1 fully saturated rings. The van der Waals surface area contributed by atoms with Crippen molar-refractivity contribution in [2.45, 2.75) is 13.3 Å². The summed E-state index contributed by atoms with van der Waals surface area (Å²) in [7, 11) is 0. The molecule has 160 valence electrons. The highest BCUT2D eigenvalue weighted by Crippen LogP contribution is 2.30. The normalized spacial score (nSPS) is 14.5. The van der Waals surface area contributed by atoms with Crippen LogP contribution in [0, 0.1) is 0 Å². The highest BCUT2D eigenvalue weighted by molar-refractivity contribution is 9.10. The summed E-state index contributed by atoms with van der Waals surface area (Å²) in [5, 5.41) is 3.39. The van der Waals surface area contributed by atoms with E-state index in [-0.39, 0.29) is 5.91 Å². The minimum Gasteiger partial charge on any atom is -0.368 e. The molecular weight excluding hydrogens is 462 g/mol. The minimum atomic E-state index is 0.127. The van der Waals surface area contributed by atoms with Gasteiger partial charge in [0.15, 0.2) is 11.5 Å². The van der Waals surface area contributed by atoms with Gasteiger partial charge >= 0.3 is 0 Å². The van der Waals surface area contributed by atoms with Gasteiger partial charge < -0.3 is 20.1 Å². The Labute approximate surface area is 186 Å². The average molecular weight is 484 g/mol. The van der Waals surface area contributed by atoms with Gasteiger partial charge in [-0.15, -0.1) is 0 Å². The molecule has 0 aromatic carbocycles. The number of nitrogens with one attached hydrogen (secondary N) is 2. The van der Waals surface area contributed by atoms with Crippen LogP contribution in [-0.4, -0.2) is 72.9 Å². The second-order valence-electron chi connectivity index (χ2n) is 7.48. The number of rotatable bonds is 5. The topological polar surface area (TPSA) is 107 Å². The van der Waals surface area contributed by atoms with Crippen molar-refractivity contribution in [3.05, 3.63) is 41.3 Å². The van der Waals surface area contributed by atoms with Gasteiger partial charge in [-0.05, 0) is 34.0 Å². The van der Waals surface area contributed by atoms with Gasteiger partial charge in [0, 0.05) is 44.1 Å². The molecule has 1 aliphatic rings. The van der Waals surface area contributed by atoms with E-state index >= 15 is 0 Å². The summed E-state index contributed by atoms with van der Waals surface area (Å²) in [5.74, 6) is 1.96. The molecule has 2 N–H and O–H groups in total. The lowest BCUT2D eigenvalue weighted by Gasteiger charge is -2.37. The number of piperazine rings is 1. The van der Waals surface area contributed by atoms with Gasteiger partial charge in [-0.2, -0.15) is 0 Å². The van der Waals surface area contributed by atoms with Gasteiger partial charge in [0.2, 0.25) is 5.91 Å². The molecule has 0 atom stereocenters. The van der Waals surface area contributed by atoms with Crippen molar-refractivity contribution in [2.75, 3.05) is 42.9 Å². The number of imidazole rings is 2. The second kappa shape index (κ2) is 8.14. The van der Waals surface area contributed by atoms with Gasteiger partial charge in [0.1, 0.15) is 24.0 Å². The molecule has 5 rings (SSSR count). The number of halogens is 1. The van der Waals surface area contributed by atoms with Gasteiger partial charge in [-0.25, -0.2) is 19.9 Å². The number of aromatic amines is 1. The Balaban J connectivity index is 1.41. The molecule has 11 heteroatoms. The Bertz CT molecular complexity index is 1240. The van der Waals surface area contributed by atoms with Crippen LogP contribution in [-0.2, 0) is 11.2 Å². The predicted octanol–water partition coefficient (Wildman–Crippen LogP) is 2.09. The van der Waals surface area contributed by atoms with Crippen LogP contribution in [0.15, 0.2) is 35.7 Å². The quantitative estimate of drug-likeness (QED) is 0.447. The van der Waals surface area contributed by atoms with E-state index in [1.165, 1.54) is 11.9 Å². The van der Waals surface area contributed by atoms with E-state index in [1.807, 2.05) is 17.4 Å². The molecule has 1 amide bonds. The highest BCUT2D eigenvalue weighted by atomic mass is 79.9. The maximum atomic E-state index is 11.7. The van der Waals surface area contributed by atoms with Crippen molar-refractivity contribution in [3.8, 4) is 0 Å². The SMILES string of the molecule is CC(=O)N1CCN(c2c(CCNc3ncnc4[nH]cnc34)cc(Br)c3cncn23)CC1. The first-order chi connectivity index (χ1) is 15.1. The van der Waals surface area contributed by atoms with Crippen LogP contribution < -0.4 is 10.2 Å². The zero-order valence-corrected chi connectivity index (χ0v) is 18.6. The standard InChI is InChI=1S/C20H22BrN9O/c1-13(31)28-4-6-29(7-5-28)20-14(8-15(21)16-9-22-12-30(16)20)2-3-23-18-17-19(25-10-24-17)27-11-26-18/h8-12H,2-7H2,1H3,(H2,23,24,25,26,27). The number of carbonyl (C=O) groups excluding carboxylic acids is 1. The van der Waals surface area contributed by atoms with E-state index in [0.717, 1.165) is 53.9 Å². The Morgan fingerprint density at radius 1 is 1.23 bits per heavy atom. The Kier molecular flexibility index (Phi) is 5.18. The Hall–Kier alpha value is -3.21. The largest absolute Gasteiger partial charge is 0.368 e. The van der Waals surface area contributed by atoms with Crippen LogP contribution in [0.3, 0.4) is 0 Å². The third-order valence-electron chi connectivity index (χ3n) is 5.63.